The molecule has 5 heteroatoms. The van der Waals surface area contributed by atoms with Gasteiger partial charge < -0.3 is 4.74 Å². The standard InChI is InChI=1S/C8H9N3O2/c1-6(12)13-8-4-2-7(3-5-8)10-11-9/h2,4-5,7H,3H2,1H3. The van der Waals surface area contributed by atoms with Crippen molar-refractivity contribution in [2.24, 2.45) is 5.11 Å². The molecule has 1 aliphatic rings. The maximum Gasteiger partial charge on any atom is 0.308 e. The number of allylic oxidation sites excluding steroid dienone is 1. The van der Waals surface area contributed by atoms with Gasteiger partial charge in [-0.25, -0.2) is 0 Å². The lowest BCUT2D eigenvalue weighted by molar-refractivity contribution is -0.136. The predicted molar refractivity (Wildman–Crippen MR) is 46.5 cm³/mol. The third-order valence-corrected chi connectivity index (χ3v) is 1.50. The number of carbonyl (C=O) groups is 1. The first-order valence-corrected chi connectivity index (χ1v) is 3.83. The van der Waals surface area contributed by atoms with Crippen LogP contribution < -0.4 is 0 Å². The maximum absolute atomic E-state index is 10.5. The second-order valence-electron chi connectivity index (χ2n) is 2.57. The number of esters is 1. The summed E-state index contributed by atoms with van der Waals surface area (Å²) in [5, 5.41) is 3.51. The molecule has 0 aromatic carbocycles. The predicted octanol–water partition coefficient (Wildman–Crippen LogP) is 2.07. The van der Waals surface area contributed by atoms with E-state index in [0.717, 1.165) is 0 Å². The van der Waals surface area contributed by atoms with Crippen molar-refractivity contribution >= 4 is 5.97 Å². The van der Waals surface area contributed by atoms with E-state index in [1.54, 1.807) is 18.2 Å². The highest BCUT2D eigenvalue weighted by Gasteiger charge is 2.08. The van der Waals surface area contributed by atoms with Gasteiger partial charge in [0.1, 0.15) is 5.76 Å². The summed E-state index contributed by atoms with van der Waals surface area (Å²) in [5.41, 5.74) is 8.15. The number of rotatable bonds is 2. The molecule has 0 aliphatic heterocycles. The molecule has 0 bridgehead atoms. The fraction of sp³-hybridized carbons (Fsp3) is 0.375. The first kappa shape index (κ1) is 9.35. The number of hydrogen-bond acceptors (Lipinski definition) is 3. The van der Waals surface area contributed by atoms with Crippen LogP contribution in [-0.2, 0) is 9.53 Å². The van der Waals surface area contributed by atoms with Crippen LogP contribution in [0.3, 0.4) is 0 Å². The second kappa shape index (κ2) is 4.33. The Bertz CT molecular complexity index is 313. The minimum absolute atomic E-state index is 0.163. The summed E-state index contributed by atoms with van der Waals surface area (Å²) in [5.74, 6) is 0.162. The zero-order valence-corrected chi connectivity index (χ0v) is 7.17. The van der Waals surface area contributed by atoms with Crippen LogP contribution in [0.5, 0.6) is 0 Å². The summed E-state index contributed by atoms with van der Waals surface area (Å²) in [6.45, 7) is 1.34. The summed E-state index contributed by atoms with van der Waals surface area (Å²) in [6, 6.07) is -0.163. The molecule has 1 aliphatic carbocycles. The van der Waals surface area contributed by atoms with E-state index in [2.05, 4.69) is 10.0 Å². The first-order valence-electron chi connectivity index (χ1n) is 3.83. The molecule has 0 fully saturated rings. The van der Waals surface area contributed by atoms with Gasteiger partial charge in [-0.2, -0.15) is 0 Å². The number of azide groups is 1. The van der Waals surface area contributed by atoms with Crippen molar-refractivity contribution in [3.8, 4) is 0 Å². The molecule has 0 amide bonds. The third-order valence-electron chi connectivity index (χ3n) is 1.50. The summed E-state index contributed by atoms with van der Waals surface area (Å²) in [4.78, 5) is 13.2. The molecule has 0 spiro atoms. The molecule has 68 valence electrons. The maximum atomic E-state index is 10.5. The fourth-order valence-electron chi connectivity index (χ4n) is 0.983. The lowest BCUT2D eigenvalue weighted by Gasteiger charge is -2.10. The largest absolute Gasteiger partial charge is 0.427 e. The van der Waals surface area contributed by atoms with E-state index in [1.165, 1.54) is 6.92 Å². The van der Waals surface area contributed by atoms with Crippen molar-refractivity contribution in [3.05, 3.63) is 34.4 Å². The van der Waals surface area contributed by atoms with Crippen LogP contribution in [0.2, 0.25) is 0 Å². The Labute approximate surface area is 75.3 Å². The fourth-order valence-corrected chi connectivity index (χ4v) is 0.983. The molecule has 0 saturated carbocycles. The number of ether oxygens (including phenoxy) is 1. The molecule has 13 heavy (non-hydrogen) atoms. The highest BCUT2D eigenvalue weighted by atomic mass is 16.5. The molecule has 1 unspecified atom stereocenters. The van der Waals surface area contributed by atoms with E-state index < -0.39 is 0 Å². The zero-order valence-electron chi connectivity index (χ0n) is 7.17. The molecule has 0 heterocycles. The van der Waals surface area contributed by atoms with Crippen LogP contribution in [0.15, 0.2) is 29.1 Å². The molecule has 1 atom stereocenters. The smallest absolute Gasteiger partial charge is 0.308 e. The summed E-state index contributed by atoms with van der Waals surface area (Å²) in [6.07, 6.45) is 5.63. The molecule has 1 rings (SSSR count). The summed E-state index contributed by atoms with van der Waals surface area (Å²) in [7, 11) is 0. The zero-order chi connectivity index (χ0) is 9.68. The van der Waals surface area contributed by atoms with E-state index in [1.807, 2.05) is 0 Å². The molecule has 0 saturated heterocycles. The normalized spacial score (nSPS) is 20.1. The Balaban J connectivity index is 2.54. The minimum atomic E-state index is -0.349. The summed E-state index contributed by atoms with van der Waals surface area (Å²) < 4.78 is 4.82. The van der Waals surface area contributed by atoms with E-state index in [0.29, 0.717) is 12.2 Å². The van der Waals surface area contributed by atoms with E-state index in [4.69, 9.17) is 10.3 Å². The van der Waals surface area contributed by atoms with Gasteiger partial charge in [-0.3, -0.25) is 4.79 Å². The van der Waals surface area contributed by atoms with E-state index in [-0.39, 0.29) is 12.0 Å². The Kier molecular flexibility index (Phi) is 3.11. The molecular formula is C8H9N3O2. The molecule has 0 aromatic heterocycles. The van der Waals surface area contributed by atoms with Crippen LogP contribution in [0.25, 0.3) is 10.4 Å². The lowest BCUT2D eigenvalue weighted by atomic mass is 10.1. The Hall–Kier alpha value is -1.74. The SMILES string of the molecule is CC(=O)OC1=CCC(N=[N+]=[N-])C=C1. The van der Waals surface area contributed by atoms with E-state index in [9.17, 15) is 4.79 Å². The van der Waals surface area contributed by atoms with Gasteiger partial charge in [0.25, 0.3) is 0 Å². The van der Waals surface area contributed by atoms with Gasteiger partial charge in [-0.05, 0) is 24.1 Å². The average molecular weight is 179 g/mol. The highest BCUT2D eigenvalue weighted by molar-refractivity contribution is 5.67. The van der Waals surface area contributed by atoms with Gasteiger partial charge in [-0.15, -0.1) is 0 Å². The number of nitrogens with zero attached hydrogens (tertiary/aromatic N) is 3. The van der Waals surface area contributed by atoms with Crippen molar-refractivity contribution in [1.29, 1.82) is 0 Å². The van der Waals surface area contributed by atoms with Crippen LogP contribution in [0.4, 0.5) is 0 Å². The monoisotopic (exact) mass is 179 g/mol. The molecule has 5 nitrogen and oxygen atoms in total. The van der Waals surface area contributed by atoms with Crippen molar-refractivity contribution in [1.82, 2.24) is 0 Å². The molecule has 0 radical (unpaired) electrons. The second-order valence-corrected chi connectivity index (χ2v) is 2.57. The first-order chi connectivity index (χ1) is 6.22. The van der Waals surface area contributed by atoms with Crippen LogP contribution >= 0.6 is 0 Å². The molecular weight excluding hydrogens is 170 g/mol. The third kappa shape index (κ3) is 3.01. The minimum Gasteiger partial charge on any atom is -0.427 e. The average Bonchev–Trinajstić information content (AvgIpc) is 2.08. The van der Waals surface area contributed by atoms with E-state index >= 15 is 0 Å². The van der Waals surface area contributed by atoms with Crippen molar-refractivity contribution in [2.75, 3.05) is 0 Å². The van der Waals surface area contributed by atoms with Gasteiger partial charge >= 0.3 is 5.97 Å². The van der Waals surface area contributed by atoms with Crippen LogP contribution in [0, 0.1) is 0 Å². The number of hydrogen-bond donors (Lipinski definition) is 0. The van der Waals surface area contributed by atoms with Crippen LogP contribution in [-0.4, -0.2) is 12.0 Å². The van der Waals surface area contributed by atoms with Gasteiger partial charge in [-0.1, -0.05) is 11.2 Å². The van der Waals surface area contributed by atoms with Gasteiger partial charge in [0, 0.05) is 11.8 Å². The van der Waals surface area contributed by atoms with Crippen LogP contribution in [0.1, 0.15) is 13.3 Å². The van der Waals surface area contributed by atoms with Gasteiger partial charge in [0.2, 0.25) is 0 Å². The van der Waals surface area contributed by atoms with Crippen molar-refractivity contribution < 1.29 is 9.53 Å². The van der Waals surface area contributed by atoms with Crippen molar-refractivity contribution in [2.45, 2.75) is 19.4 Å². The topological polar surface area (TPSA) is 75.1 Å². The molecule has 0 N–H and O–H groups in total. The summed E-state index contributed by atoms with van der Waals surface area (Å²) >= 11 is 0. The highest BCUT2D eigenvalue weighted by Crippen LogP contribution is 2.14. The lowest BCUT2D eigenvalue weighted by Crippen LogP contribution is -2.05. The Morgan fingerprint density at radius 2 is 2.62 bits per heavy atom. The quantitative estimate of drug-likeness (QED) is 0.281. The Morgan fingerprint density at radius 3 is 3.08 bits per heavy atom. The van der Waals surface area contributed by atoms with Crippen molar-refractivity contribution in [3.63, 3.8) is 0 Å². The van der Waals surface area contributed by atoms with Gasteiger partial charge in [0.15, 0.2) is 0 Å². The molecule has 0 aromatic rings. The van der Waals surface area contributed by atoms with Gasteiger partial charge in [0.05, 0.1) is 6.04 Å². The Morgan fingerprint density at radius 1 is 1.85 bits per heavy atom. The number of carbonyl (C=O) groups excluding carboxylic acids is 1.